The molecule has 1 amide bonds. The summed E-state index contributed by atoms with van der Waals surface area (Å²) in [5.41, 5.74) is 6.99. The lowest BCUT2D eigenvalue weighted by atomic mass is 10.00. The SMILES string of the molecule is Cc1ccc(-n2nc(-c3cccn3C)cc2C(=O)N2CCc3ccccc3C2)cc1. The van der Waals surface area contributed by atoms with E-state index in [0.29, 0.717) is 18.8 Å². The average molecular weight is 396 g/mol. The van der Waals surface area contributed by atoms with Gasteiger partial charge in [0.05, 0.1) is 11.4 Å². The molecule has 2 aromatic carbocycles. The van der Waals surface area contributed by atoms with Crippen molar-refractivity contribution in [2.24, 2.45) is 7.05 Å². The fourth-order valence-electron chi connectivity index (χ4n) is 4.10. The van der Waals surface area contributed by atoms with Crippen molar-refractivity contribution in [3.63, 3.8) is 0 Å². The fraction of sp³-hybridized carbons (Fsp3) is 0.200. The molecule has 5 rings (SSSR count). The Morgan fingerprint density at radius 3 is 2.47 bits per heavy atom. The van der Waals surface area contributed by atoms with Crippen LogP contribution in [0, 0.1) is 6.92 Å². The summed E-state index contributed by atoms with van der Waals surface area (Å²) in [4.78, 5) is 15.5. The summed E-state index contributed by atoms with van der Waals surface area (Å²) in [6.45, 7) is 3.40. The predicted molar refractivity (Wildman–Crippen MR) is 118 cm³/mol. The number of aromatic nitrogens is 3. The number of nitrogens with zero attached hydrogens (tertiary/aromatic N) is 4. The van der Waals surface area contributed by atoms with Gasteiger partial charge in [-0.1, -0.05) is 42.0 Å². The molecule has 4 aromatic rings. The second-order valence-corrected chi connectivity index (χ2v) is 7.91. The normalized spacial score (nSPS) is 13.3. The van der Waals surface area contributed by atoms with Crippen LogP contribution in [0.15, 0.2) is 72.9 Å². The summed E-state index contributed by atoms with van der Waals surface area (Å²) in [6.07, 6.45) is 2.87. The van der Waals surface area contributed by atoms with E-state index in [1.165, 1.54) is 16.7 Å². The molecule has 1 aliphatic heterocycles. The molecular weight excluding hydrogens is 372 g/mol. The Morgan fingerprint density at radius 2 is 1.73 bits per heavy atom. The van der Waals surface area contributed by atoms with Crippen molar-refractivity contribution in [3.05, 3.63) is 95.3 Å². The van der Waals surface area contributed by atoms with E-state index in [-0.39, 0.29) is 5.91 Å². The van der Waals surface area contributed by atoms with Crippen LogP contribution < -0.4 is 0 Å². The lowest BCUT2D eigenvalue weighted by Gasteiger charge is -2.29. The quantitative estimate of drug-likeness (QED) is 0.516. The van der Waals surface area contributed by atoms with Crippen LogP contribution in [-0.4, -0.2) is 31.7 Å². The van der Waals surface area contributed by atoms with Crippen molar-refractivity contribution >= 4 is 5.91 Å². The van der Waals surface area contributed by atoms with Crippen molar-refractivity contribution < 1.29 is 4.79 Å². The van der Waals surface area contributed by atoms with Gasteiger partial charge in [-0.05, 0) is 54.8 Å². The van der Waals surface area contributed by atoms with Gasteiger partial charge in [0.2, 0.25) is 0 Å². The molecule has 0 saturated heterocycles. The molecule has 0 saturated carbocycles. The van der Waals surface area contributed by atoms with Crippen LogP contribution in [0.4, 0.5) is 0 Å². The van der Waals surface area contributed by atoms with Gasteiger partial charge >= 0.3 is 0 Å². The molecule has 0 fully saturated rings. The molecule has 3 heterocycles. The minimum atomic E-state index is 0.0121. The van der Waals surface area contributed by atoms with Crippen LogP contribution in [-0.2, 0) is 20.0 Å². The maximum Gasteiger partial charge on any atom is 0.272 e. The van der Waals surface area contributed by atoms with Crippen LogP contribution in [0.2, 0.25) is 0 Å². The molecule has 0 N–H and O–H groups in total. The van der Waals surface area contributed by atoms with E-state index in [2.05, 4.69) is 25.1 Å². The maximum atomic E-state index is 13.6. The highest BCUT2D eigenvalue weighted by molar-refractivity contribution is 5.94. The third-order valence-electron chi connectivity index (χ3n) is 5.83. The Hall–Kier alpha value is -3.60. The van der Waals surface area contributed by atoms with Crippen LogP contribution >= 0.6 is 0 Å². The standard InChI is InChI=1S/C25H24N4O/c1-18-9-11-21(12-10-18)29-24(16-22(26-29)23-8-5-14-27(23)2)25(30)28-15-13-19-6-3-4-7-20(19)17-28/h3-12,14,16H,13,15,17H2,1-2H3. The molecule has 150 valence electrons. The molecule has 5 heteroatoms. The highest BCUT2D eigenvalue weighted by atomic mass is 16.2. The number of carbonyl (C=O) groups is 1. The first kappa shape index (κ1) is 18.4. The molecule has 0 spiro atoms. The number of aryl methyl sites for hydroxylation is 2. The zero-order valence-corrected chi connectivity index (χ0v) is 17.2. The van der Waals surface area contributed by atoms with Gasteiger partial charge in [-0.2, -0.15) is 5.10 Å². The van der Waals surface area contributed by atoms with Gasteiger partial charge in [0.1, 0.15) is 11.4 Å². The predicted octanol–water partition coefficient (Wildman–Crippen LogP) is 4.38. The Morgan fingerprint density at radius 1 is 0.967 bits per heavy atom. The Balaban J connectivity index is 1.56. The van der Waals surface area contributed by atoms with Crippen molar-refractivity contribution in [2.45, 2.75) is 19.9 Å². The van der Waals surface area contributed by atoms with Crippen molar-refractivity contribution in [3.8, 4) is 17.1 Å². The molecule has 1 aliphatic rings. The summed E-state index contributed by atoms with van der Waals surface area (Å²) in [6, 6.07) is 22.4. The fourth-order valence-corrected chi connectivity index (χ4v) is 4.10. The second-order valence-electron chi connectivity index (χ2n) is 7.91. The number of hydrogen-bond acceptors (Lipinski definition) is 2. The first-order valence-corrected chi connectivity index (χ1v) is 10.2. The molecule has 0 unspecified atom stereocenters. The molecule has 2 aromatic heterocycles. The highest BCUT2D eigenvalue weighted by Crippen LogP contribution is 2.25. The van der Waals surface area contributed by atoms with Crippen molar-refractivity contribution in [1.82, 2.24) is 19.2 Å². The lowest BCUT2D eigenvalue weighted by Crippen LogP contribution is -2.37. The van der Waals surface area contributed by atoms with E-state index < -0.39 is 0 Å². The molecule has 5 nitrogen and oxygen atoms in total. The van der Waals surface area contributed by atoms with Gasteiger partial charge in [-0.15, -0.1) is 0 Å². The van der Waals surface area contributed by atoms with Crippen molar-refractivity contribution in [2.75, 3.05) is 6.54 Å². The molecule has 0 aliphatic carbocycles. The summed E-state index contributed by atoms with van der Waals surface area (Å²) < 4.78 is 3.80. The van der Waals surface area contributed by atoms with Crippen LogP contribution in [0.5, 0.6) is 0 Å². The Kier molecular flexibility index (Phi) is 4.51. The molecule has 0 bridgehead atoms. The monoisotopic (exact) mass is 396 g/mol. The first-order chi connectivity index (χ1) is 14.6. The minimum absolute atomic E-state index is 0.0121. The molecule has 30 heavy (non-hydrogen) atoms. The highest BCUT2D eigenvalue weighted by Gasteiger charge is 2.26. The second kappa shape index (κ2) is 7.34. The van der Waals surface area contributed by atoms with Gasteiger partial charge in [-0.25, -0.2) is 4.68 Å². The van der Waals surface area contributed by atoms with E-state index in [9.17, 15) is 4.79 Å². The molecular formula is C25H24N4O. The summed E-state index contributed by atoms with van der Waals surface area (Å²) >= 11 is 0. The van der Waals surface area contributed by atoms with E-state index in [4.69, 9.17) is 5.10 Å². The molecule has 0 radical (unpaired) electrons. The topological polar surface area (TPSA) is 43.1 Å². The van der Waals surface area contributed by atoms with E-state index in [1.807, 2.05) is 71.2 Å². The van der Waals surface area contributed by atoms with Crippen LogP contribution in [0.25, 0.3) is 17.1 Å². The minimum Gasteiger partial charge on any atom is -0.349 e. The van der Waals surface area contributed by atoms with E-state index in [1.54, 1.807) is 4.68 Å². The van der Waals surface area contributed by atoms with Crippen molar-refractivity contribution in [1.29, 1.82) is 0 Å². The number of hydrogen-bond donors (Lipinski definition) is 0. The van der Waals surface area contributed by atoms with Gasteiger partial charge in [0.25, 0.3) is 5.91 Å². The molecule has 0 atom stereocenters. The number of benzene rings is 2. The Bertz CT molecular complexity index is 1220. The lowest BCUT2D eigenvalue weighted by molar-refractivity contribution is 0.0725. The zero-order chi connectivity index (χ0) is 20.7. The smallest absolute Gasteiger partial charge is 0.272 e. The first-order valence-electron chi connectivity index (χ1n) is 10.2. The largest absolute Gasteiger partial charge is 0.349 e. The third kappa shape index (κ3) is 3.22. The average Bonchev–Trinajstić information content (AvgIpc) is 3.39. The van der Waals surface area contributed by atoms with E-state index in [0.717, 1.165) is 23.5 Å². The number of carbonyl (C=O) groups excluding carboxylic acids is 1. The van der Waals surface area contributed by atoms with Gasteiger partial charge in [0, 0.05) is 26.3 Å². The summed E-state index contributed by atoms with van der Waals surface area (Å²) in [5, 5.41) is 4.82. The van der Waals surface area contributed by atoms with Crippen LogP contribution in [0.1, 0.15) is 27.2 Å². The Labute approximate surface area is 176 Å². The maximum absolute atomic E-state index is 13.6. The summed E-state index contributed by atoms with van der Waals surface area (Å²) in [7, 11) is 1.99. The third-order valence-corrected chi connectivity index (χ3v) is 5.83. The van der Waals surface area contributed by atoms with Gasteiger partial charge in [0.15, 0.2) is 0 Å². The number of amides is 1. The zero-order valence-electron chi connectivity index (χ0n) is 17.2. The number of rotatable bonds is 3. The van der Waals surface area contributed by atoms with Gasteiger partial charge in [-0.3, -0.25) is 4.79 Å². The summed E-state index contributed by atoms with van der Waals surface area (Å²) in [5.74, 6) is 0.0121. The van der Waals surface area contributed by atoms with E-state index >= 15 is 0 Å². The van der Waals surface area contributed by atoms with Gasteiger partial charge < -0.3 is 9.47 Å². The van der Waals surface area contributed by atoms with Crippen LogP contribution in [0.3, 0.4) is 0 Å². The number of fused-ring (bicyclic) bond motifs is 1.